The standard InChI is InChI=1S/C13H20N4O2/c1-8-11(18)17(12(19)16(8)5)10-6-9(13(2,3)4)14-7-15-10/h6-8,11,18H,1-5H3/t8-,11-/m0/s1. The molecule has 1 N–H and O–H groups in total. The van der Waals surface area contributed by atoms with Crippen LogP contribution in [0.15, 0.2) is 12.4 Å². The van der Waals surface area contributed by atoms with Crippen LogP contribution in [-0.4, -0.2) is 45.3 Å². The van der Waals surface area contributed by atoms with E-state index in [1.165, 1.54) is 16.1 Å². The summed E-state index contributed by atoms with van der Waals surface area (Å²) >= 11 is 0. The fraction of sp³-hybridized carbons (Fsp3) is 0.615. The number of hydrogen-bond acceptors (Lipinski definition) is 4. The number of carbonyl (C=O) groups is 1. The maximum atomic E-state index is 12.1. The molecule has 1 aliphatic rings. The van der Waals surface area contributed by atoms with Crippen molar-refractivity contribution in [1.29, 1.82) is 0 Å². The maximum absolute atomic E-state index is 12.1. The van der Waals surface area contributed by atoms with Gasteiger partial charge in [0, 0.05) is 18.5 Å². The highest BCUT2D eigenvalue weighted by Gasteiger charge is 2.42. The van der Waals surface area contributed by atoms with Crippen molar-refractivity contribution in [2.75, 3.05) is 11.9 Å². The number of hydrogen-bond donors (Lipinski definition) is 1. The number of amides is 2. The summed E-state index contributed by atoms with van der Waals surface area (Å²) in [5.41, 5.74) is 0.697. The van der Waals surface area contributed by atoms with Gasteiger partial charge in [-0.25, -0.2) is 19.7 Å². The zero-order valence-electron chi connectivity index (χ0n) is 12.0. The molecule has 1 aromatic rings. The van der Waals surface area contributed by atoms with Gasteiger partial charge in [0.05, 0.1) is 11.7 Å². The number of likely N-dealkylation sites (N-methyl/N-ethyl adjacent to an activating group) is 1. The first kappa shape index (κ1) is 13.7. The minimum absolute atomic E-state index is 0.136. The minimum Gasteiger partial charge on any atom is -0.371 e. The van der Waals surface area contributed by atoms with Crippen molar-refractivity contribution in [3.05, 3.63) is 18.1 Å². The van der Waals surface area contributed by atoms with Gasteiger partial charge in [-0.3, -0.25) is 0 Å². The van der Waals surface area contributed by atoms with Crippen LogP contribution >= 0.6 is 0 Å². The lowest BCUT2D eigenvalue weighted by Gasteiger charge is -2.22. The summed E-state index contributed by atoms with van der Waals surface area (Å²) < 4.78 is 0. The number of aliphatic hydroxyl groups excluding tert-OH is 1. The van der Waals surface area contributed by atoms with E-state index >= 15 is 0 Å². The number of carbonyl (C=O) groups excluding carboxylic acids is 1. The molecule has 0 unspecified atom stereocenters. The molecule has 104 valence electrons. The Morgan fingerprint density at radius 3 is 2.42 bits per heavy atom. The second-order valence-corrected chi connectivity index (χ2v) is 5.93. The van der Waals surface area contributed by atoms with Crippen molar-refractivity contribution in [2.24, 2.45) is 0 Å². The van der Waals surface area contributed by atoms with E-state index in [1.807, 2.05) is 20.8 Å². The van der Waals surface area contributed by atoms with Crippen LogP contribution in [-0.2, 0) is 5.41 Å². The first-order valence-corrected chi connectivity index (χ1v) is 6.30. The SMILES string of the molecule is C[C@H]1[C@H](O)N(c2cc(C(C)(C)C)ncn2)C(=O)N1C. The van der Waals surface area contributed by atoms with Crippen LogP contribution in [0, 0.1) is 0 Å². The maximum Gasteiger partial charge on any atom is 0.328 e. The van der Waals surface area contributed by atoms with Crippen molar-refractivity contribution < 1.29 is 9.90 Å². The monoisotopic (exact) mass is 264 g/mol. The van der Waals surface area contributed by atoms with E-state index in [2.05, 4.69) is 9.97 Å². The van der Waals surface area contributed by atoms with Crippen molar-refractivity contribution >= 4 is 11.8 Å². The number of urea groups is 1. The molecule has 1 saturated heterocycles. The lowest BCUT2D eigenvalue weighted by molar-refractivity contribution is 0.138. The highest BCUT2D eigenvalue weighted by atomic mass is 16.3. The lowest BCUT2D eigenvalue weighted by atomic mass is 9.92. The lowest BCUT2D eigenvalue weighted by Crippen LogP contribution is -2.36. The zero-order chi connectivity index (χ0) is 14.4. The smallest absolute Gasteiger partial charge is 0.328 e. The summed E-state index contributed by atoms with van der Waals surface area (Å²) in [7, 11) is 1.67. The van der Waals surface area contributed by atoms with Gasteiger partial charge in [-0.05, 0) is 6.92 Å². The Labute approximate surface area is 113 Å². The molecule has 0 bridgehead atoms. The molecule has 0 aromatic carbocycles. The Morgan fingerprint density at radius 2 is 1.95 bits per heavy atom. The first-order chi connectivity index (χ1) is 8.73. The third kappa shape index (κ3) is 2.28. The van der Waals surface area contributed by atoms with Crippen LogP contribution < -0.4 is 4.90 Å². The summed E-state index contributed by atoms with van der Waals surface area (Å²) in [6.45, 7) is 7.91. The average molecular weight is 264 g/mol. The van der Waals surface area contributed by atoms with Crippen molar-refractivity contribution in [1.82, 2.24) is 14.9 Å². The van der Waals surface area contributed by atoms with Crippen LogP contribution in [0.2, 0.25) is 0 Å². The van der Waals surface area contributed by atoms with E-state index in [9.17, 15) is 9.90 Å². The van der Waals surface area contributed by atoms with Crippen molar-refractivity contribution in [2.45, 2.75) is 45.4 Å². The Hall–Kier alpha value is -1.69. The Bertz CT molecular complexity index is 498. The normalized spacial score (nSPS) is 24.2. The molecule has 0 aliphatic carbocycles. The van der Waals surface area contributed by atoms with Crippen LogP contribution in [0.4, 0.5) is 10.6 Å². The van der Waals surface area contributed by atoms with Crippen molar-refractivity contribution in [3.63, 3.8) is 0 Å². The number of nitrogens with zero attached hydrogens (tertiary/aromatic N) is 4. The molecule has 1 aromatic heterocycles. The zero-order valence-corrected chi connectivity index (χ0v) is 12.0. The quantitative estimate of drug-likeness (QED) is 0.831. The largest absolute Gasteiger partial charge is 0.371 e. The summed E-state index contributed by atoms with van der Waals surface area (Å²) in [6.07, 6.45) is 0.541. The van der Waals surface area contributed by atoms with Crippen LogP contribution in [0.3, 0.4) is 0 Å². The molecule has 19 heavy (non-hydrogen) atoms. The summed E-state index contributed by atoms with van der Waals surface area (Å²) in [5.74, 6) is 0.439. The van der Waals surface area contributed by atoms with E-state index in [0.717, 1.165) is 5.69 Å². The second-order valence-electron chi connectivity index (χ2n) is 5.93. The van der Waals surface area contributed by atoms with Gasteiger partial charge in [-0.1, -0.05) is 20.8 Å². The molecule has 2 amide bonds. The van der Waals surface area contributed by atoms with E-state index in [0.29, 0.717) is 5.82 Å². The molecule has 2 atom stereocenters. The van der Waals surface area contributed by atoms with Crippen LogP contribution in [0.25, 0.3) is 0 Å². The average Bonchev–Trinajstić information content (AvgIpc) is 2.53. The van der Waals surface area contributed by atoms with Gasteiger partial charge >= 0.3 is 6.03 Å². The molecular weight excluding hydrogens is 244 g/mol. The number of rotatable bonds is 1. The predicted octanol–water partition coefficient (Wildman–Crippen LogP) is 1.35. The van der Waals surface area contributed by atoms with E-state index in [4.69, 9.17) is 0 Å². The number of aromatic nitrogens is 2. The molecule has 0 spiro atoms. The number of anilines is 1. The van der Waals surface area contributed by atoms with Gasteiger partial charge < -0.3 is 10.0 Å². The third-order valence-corrected chi connectivity index (χ3v) is 3.48. The fourth-order valence-electron chi connectivity index (χ4n) is 2.00. The molecule has 1 aliphatic heterocycles. The predicted molar refractivity (Wildman–Crippen MR) is 71.8 cm³/mol. The third-order valence-electron chi connectivity index (χ3n) is 3.48. The fourth-order valence-corrected chi connectivity index (χ4v) is 2.00. The number of aliphatic hydroxyl groups is 1. The summed E-state index contributed by atoms with van der Waals surface area (Å²) in [5, 5.41) is 10.1. The first-order valence-electron chi connectivity index (χ1n) is 6.30. The summed E-state index contributed by atoms with van der Waals surface area (Å²) in [4.78, 5) is 23.3. The van der Waals surface area contributed by atoms with E-state index in [-0.39, 0.29) is 17.5 Å². The molecule has 0 radical (unpaired) electrons. The molecular formula is C13H20N4O2. The second kappa shape index (κ2) is 4.45. The Balaban J connectivity index is 2.40. The van der Waals surface area contributed by atoms with Gasteiger partial charge in [0.1, 0.15) is 12.1 Å². The molecule has 1 fully saturated rings. The topological polar surface area (TPSA) is 69.6 Å². The van der Waals surface area contributed by atoms with Crippen LogP contribution in [0.1, 0.15) is 33.4 Å². The molecule has 2 heterocycles. The van der Waals surface area contributed by atoms with E-state index < -0.39 is 6.23 Å². The molecule has 6 heteroatoms. The Kier molecular flexibility index (Phi) is 3.22. The highest BCUT2D eigenvalue weighted by molar-refractivity contribution is 5.94. The van der Waals surface area contributed by atoms with Crippen molar-refractivity contribution in [3.8, 4) is 0 Å². The van der Waals surface area contributed by atoms with Gasteiger partial charge in [-0.2, -0.15) is 0 Å². The molecule has 6 nitrogen and oxygen atoms in total. The summed E-state index contributed by atoms with van der Waals surface area (Å²) in [6, 6.07) is 1.24. The molecule has 0 saturated carbocycles. The molecule has 2 rings (SSSR count). The highest BCUT2D eigenvalue weighted by Crippen LogP contribution is 2.28. The minimum atomic E-state index is -0.889. The van der Waals surface area contributed by atoms with Crippen LogP contribution in [0.5, 0.6) is 0 Å². The van der Waals surface area contributed by atoms with Gasteiger partial charge in [0.25, 0.3) is 0 Å². The van der Waals surface area contributed by atoms with Gasteiger partial charge in [0.2, 0.25) is 0 Å². The Morgan fingerprint density at radius 1 is 1.32 bits per heavy atom. The van der Waals surface area contributed by atoms with Gasteiger partial charge in [0.15, 0.2) is 6.23 Å². The van der Waals surface area contributed by atoms with E-state index in [1.54, 1.807) is 20.0 Å². The van der Waals surface area contributed by atoms with Gasteiger partial charge in [-0.15, -0.1) is 0 Å².